The summed E-state index contributed by atoms with van der Waals surface area (Å²) in [6.07, 6.45) is 0.774. The van der Waals surface area contributed by atoms with E-state index < -0.39 is 0 Å². The van der Waals surface area contributed by atoms with Crippen molar-refractivity contribution in [2.75, 3.05) is 32.7 Å². The first-order valence-corrected chi connectivity index (χ1v) is 8.67. The monoisotopic (exact) mass is 356 g/mol. The number of hydrogen-bond acceptors (Lipinski definition) is 4. The molecule has 2 aromatic rings. The summed E-state index contributed by atoms with van der Waals surface area (Å²) in [6.45, 7) is 3.64. The van der Waals surface area contributed by atoms with Gasteiger partial charge in [-0.3, -0.25) is 0 Å². The number of amides is 2. The predicted molar refractivity (Wildman–Crippen MR) is 100 cm³/mol. The Morgan fingerprint density at radius 2 is 1.77 bits per heavy atom. The fraction of sp³-hybridized carbons (Fsp3) is 0.350. The normalized spacial score (nSPS) is 13.0. The molecule has 6 nitrogen and oxygen atoms in total. The SMILES string of the molecule is CCOc1ccccc1NC(=O)N1CCc2cc(OC)c(OC)cc2C1. The minimum absolute atomic E-state index is 0.141. The van der Waals surface area contributed by atoms with Gasteiger partial charge in [0.25, 0.3) is 0 Å². The van der Waals surface area contributed by atoms with Gasteiger partial charge in [0.1, 0.15) is 5.75 Å². The maximum atomic E-state index is 12.7. The molecule has 0 radical (unpaired) electrons. The number of fused-ring (bicyclic) bond motifs is 1. The maximum absolute atomic E-state index is 12.7. The molecule has 1 heterocycles. The molecule has 0 saturated carbocycles. The Labute approximate surface area is 153 Å². The van der Waals surface area contributed by atoms with E-state index in [-0.39, 0.29) is 6.03 Å². The standard InChI is InChI=1S/C20H24N2O4/c1-4-26-17-8-6-5-7-16(17)21-20(23)22-10-9-14-11-18(24-2)19(25-3)12-15(14)13-22/h5-8,11-12H,4,9-10,13H2,1-3H3,(H,21,23). The zero-order valence-corrected chi connectivity index (χ0v) is 15.4. The van der Waals surface area contributed by atoms with Crippen LogP contribution in [0.15, 0.2) is 36.4 Å². The second kappa shape index (κ2) is 7.99. The number of carbonyl (C=O) groups excluding carboxylic acids is 1. The third-order valence-electron chi connectivity index (χ3n) is 4.43. The smallest absolute Gasteiger partial charge is 0.322 e. The van der Waals surface area contributed by atoms with Crippen LogP contribution in [0.2, 0.25) is 0 Å². The topological polar surface area (TPSA) is 60.0 Å². The summed E-state index contributed by atoms with van der Waals surface area (Å²) in [4.78, 5) is 14.5. The number of anilines is 1. The summed E-state index contributed by atoms with van der Waals surface area (Å²) in [5.74, 6) is 2.07. The molecule has 0 aromatic heterocycles. The summed E-state index contributed by atoms with van der Waals surface area (Å²) in [7, 11) is 3.24. The highest BCUT2D eigenvalue weighted by molar-refractivity contribution is 5.91. The van der Waals surface area contributed by atoms with Gasteiger partial charge < -0.3 is 24.4 Å². The van der Waals surface area contributed by atoms with Crippen molar-refractivity contribution in [1.82, 2.24) is 4.90 Å². The second-order valence-electron chi connectivity index (χ2n) is 6.01. The number of ether oxygens (including phenoxy) is 3. The zero-order valence-electron chi connectivity index (χ0n) is 15.4. The summed E-state index contributed by atoms with van der Waals surface area (Å²) in [5.41, 5.74) is 2.93. The number of nitrogens with one attached hydrogen (secondary N) is 1. The molecule has 0 atom stereocenters. The molecule has 6 heteroatoms. The van der Waals surface area contributed by atoms with Crippen molar-refractivity contribution in [2.24, 2.45) is 0 Å². The van der Waals surface area contributed by atoms with Gasteiger partial charge in [0.05, 0.1) is 26.5 Å². The van der Waals surface area contributed by atoms with Crippen molar-refractivity contribution in [2.45, 2.75) is 19.9 Å². The van der Waals surface area contributed by atoms with E-state index in [1.54, 1.807) is 19.1 Å². The van der Waals surface area contributed by atoms with E-state index in [0.717, 1.165) is 17.7 Å². The van der Waals surface area contributed by atoms with Gasteiger partial charge >= 0.3 is 6.03 Å². The molecular weight excluding hydrogens is 332 g/mol. The van der Waals surface area contributed by atoms with Crippen LogP contribution in [0.4, 0.5) is 10.5 Å². The number of methoxy groups -OCH3 is 2. The third-order valence-corrected chi connectivity index (χ3v) is 4.43. The van der Waals surface area contributed by atoms with Gasteiger partial charge in [-0.05, 0) is 48.7 Å². The number of carbonyl (C=O) groups is 1. The Balaban J connectivity index is 1.75. The number of para-hydroxylation sites is 2. The van der Waals surface area contributed by atoms with Gasteiger partial charge in [0.2, 0.25) is 0 Å². The molecule has 0 bridgehead atoms. The average molecular weight is 356 g/mol. The van der Waals surface area contributed by atoms with Crippen molar-refractivity contribution < 1.29 is 19.0 Å². The quantitative estimate of drug-likeness (QED) is 0.888. The molecule has 0 aliphatic carbocycles. The zero-order chi connectivity index (χ0) is 18.5. The number of urea groups is 1. The van der Waals surface area contributed by atoms with Crippen molar-refractivity contribution in [3.8, 4) is 17.2 Å². The van der Waals surface area contributed by atoms with Crippen LogP contribution < -0.4 is 19.5 Å². The van der Waals surface area contributed by atoms with Crippen LogP contribution in [-0.4, -0.2) is 38.3 Å². The molecule has 0 fully saturated rings. The predicted octanol–water partition coefficient (Wildman–Crippen LogP) is 3.69. The van der Waals surface area contributed by atoms with E-state index in [1.165, 1.54) is 5.56 Å². The highest BCUT2D eigenvalue weighted by Gasteiger charge is 2.23. The first kappa shape index (κ1) is 17.9. The van der Waals surface area contributed by atoms with Crippen LogP contribution in [-0.2, 0) is 13.0 Å². The van der Waals surface area contributed by atoms with Gasteiger partial charge in [0.15, 0.2) is 11.5 Å². The highest BCUT2D eigenvalue weighted by Crippen LogP contribution is 2.33. The maximum Gasteiger partial charge on any atom is 0.322 e. The molecule has 0 spiro atoms. The lowest BCUT2D eigenvalue weighted by atomic mass is 9.99. The molecule has 2 amide bonds. The van der Waals surface area contributed by atoms with Gasteiger partial charge in [-0.1, -0.05) is 12.1 Å². The molecule has 26 heavy (non-hydrogen) atoms. The van der Waals surface area contributed by atoms with Crippen LogP contribution in [0.5, 0.6) is 17.2 Å². The van der Waals surface area contributed by atoms with E-state index in [9.17, 15) is 4.79 Å². The highest BCUT2D eigenvalue weighted by atomic mass is 16.5. The van der Waals surface area contributed by atoms with Crippen LogP contribution in [0, 0.1) is 0 Å². The fourth-order valence-corrected chi connectivity index (χ4v) is 3.10. The summed E-state index contributed by atoms with van der Waals surface area (Å²) >= 11 is 0. The van der Waals surface area contributed by atoms with Crippen molar-refractivity contribution in [3.63, 3.8) is 0 Å². The van der Waals surface area contributed by atoms with Gasteiger partial charge in [-0.25, -0.2) is 4.79 Å². The van der Waals surface area contributed by atoms with Crippen LogP contribution in [0.3, 0.4) is 0 Å². The Bertz CT molecular complexity index is 791. The van der Waals surface area contributed by atoms with Crippen LogP contribution in [0.1, 0.15) is 18.1 Å². The van der Waals surface area contributed by atoms with Gasteiger partial charge in [-0.2, -0.15) is 0 Å². The minimum atomic E-state index is -0.141. The van der Waals surface area contributed by atoms with E-state index >= 15 is 0 Å². The van der Waals surface area contributed by atoms with E-state index in [4.69, 9.17) is 14.2 Å². The first-order valence-electron chi connectivity index (χ1n) is 8.67. The number of nitrogens with zero attached hydrogens (tertiary/aromatic N) is 1. The van der Waals surface area contributed by atoms with E-state index in [1.807, 2.05) is 43.3 Å². The van der Waals surface area contributed by atoms with Crippen molar-refractivity contribution >= 4 is 11.7 Å². The average Bonchev–Trinajstić information content (AvgIpc) is 2.68. The molecule has 1 N–H and O–H groups in total. The van der Waals surface area contributed by atoms with Gasteiger partial charge in [0, 0.05) is 13.1 Å². The molecular formula is C20H24N2O4. The van der Waals surface area contributed by atoms with Crippen molar-refractivity contribution in [3.05, 3.63) is 47.5 Å². The second-order valence-corrected chi connectivity index (χ2v) is 6.01. The van der Waals surface area contributed by atoms with Gasteiger partial charge in [-0.15, -0.1) is 0 Å². The molecule has 138 valence electrons. The van der Waals surface area contributed by atoms with E-state index in [2.05, 4.69) is 5.32 Å². The lowest BCUT2D eigenvalue weighted by molar-refractivity contribution is 0.206. The Morgan fingerprint density at radius 1 is 1.08 bits per heavy atom. The Morgan fingerprint density at radius 3 is 2.46 bits per heavy atom. The lowest BCUT2D eigenvalue weighted by Gasteiger charge is -2.30. The molecule has 1 aliphatic rings. The number of rotatable bonds is 5. The summed E-state index contributed by atoms with van der Waals surface area (Å²) in [6, 6.07) is 11.3. The van der Waals surface area contributed by atoms with Crippen LogP contribution in [0.25, 0.3) is 0 Å². The number of hydrogen-bond donors (Lipinski definition) is 1. The summed E-state index contributed by atoms with van der Waals surface area (Å²) in [5, 5.41) is 2.95. The van der Waals surface area contributed by atoms with Crippen molar-refractivity contribution in [1.29, 1.82) is 0 Å². The fourth-order valence-electron chi connectivity index (χ4n) is 3.10. The largest absolute Gasteiger partial charge is 0.493 e. The molecule has 3 rings (SSSR count). The molecule has 2 aromatic carbocycles. The Hall–Kier alpha value is -2.89. The molecule has 0 unspecified atom stereocenters. The number of benzene rings is 2. The lowest BCUT2D eigenvalue weighted by Crippen LogP contribution is -2.39. The molecule has 1 aliphatic heterocycles. The third kappa shape index (κ3) is 3.69. The van der Waals surface area contributed by atoms with Crippen LogP contribution >= 0.6 is 0 Å². The Kier molecular flexibility index (Phi) is 5.51. The molecule has 0 saturated heterocycles. The summed E-state index contributed by atoms with van der Waals surface area (Å²) < 4.78 is 16.3. The first-order chi connectivity index (χ1) is 12.7. The minimum Gasteiger partial charge on any atom is -0.493 e. The van der Waals surface area contributed by atoms with E-state index in [0.29, 0.717) is 36.9 Å².